The number of rotatable bonds is 2. The average molecular weight is 290 g/mol. The normalized spacial score (nSPS) is 10.8. The van der Waals surface area contributed by atoms with Crippen molar-refractivity contribution >= 4 is 38.7 Å². The molecule has 96 valence electrons. The number of methoxy groups -OCH3 is 1. The fourth-order valence-corrected chi connectivity index (χ4v) is 3.64. The van der Waals surface area contributed by atoms with E-state index in [1.54, 1.807) is 17.4 Å². The van der Waals surface area contributed by atoms with Crippen LogP contribution in [0.15, 0.2) is 35.0 Å². The van der Waals surface area contributed by atoms with E-state index in [0.717, 1.165) is 15.8 Å². The number of hydrogen-bond acceptors (Lipinski definition) is 5. The molecule has 1 aromatic carbocycles. The fourth-order valence-electron chi connectivity index (χ4n) is 2.02. The molecule has 0 spiro atoms. The third-order valence-corrected chi connectivity index (χ3v) is 4.73. The van der Waals surface area contributed by atoms with Crippen LogP contribution in [0, 0.1) is 0 Å². The predicted octanol–water partition coefficient (Wildman–Crippen LogP) is 4.12. The van der Waals surface area contributed by atoms with E-state index in [4.69, 9.17) is 4.74 Å². The van der Waals surface area contributed by atoms with Crippen LogP contribution in [0.1, 0.15) is 10.4 Å². The lowest BCUT2D eigenvalue weighted by Gasteiger charge is -2.08. The molecule has 1 N–H and O–H groups in total. The third-order valence-electron chi connectivity index (χ3n) is 2.91. The highest BCUT2D eigenvalue weighted by Gasteiger charge is 2.19. The smallest absolute Gasteiger partial charge is 0.341 e. The minimum Gasteiger partial charge on any atom is -0.506 e. The summed E-state index contributed by atoms with van der Waals surface area (Å²) in [7, 11) is 1.31. The molecule has 3 nitrogen and oxygen atoms in total. The summed E-state index contributed by atoms with van der Waals surface area (Å²) in [6.07, 6.45) is 0. The summed E-state index contributed by atoms with van der Waals surface area (Å²) in [5, 5.41) is 15.0. The van der Waals surface area contributed by atoms with E-state index in [9.17, 15) is 9.90 Å². The minimum absolute atomic E-state index is 0.00263. The topological polar surface area (TPSA) is 46.5 Å². The van der Waals surface area contributed by atoms with Crippen molar-refractivity contribution in [2.24, 2.45) is 0 Å². The van der Waals surface area contributed by atoms with E-state index in [0.29, 0.717) is 4.70 Å². The Morgan fingerprint density at radius 3 is 2.79 bits per heavy atom. The van der Waals surface area contributed by atoms with Crippen LogP contribution >= 0.6 is 22.7 Å². The third kappa shape index (κ3) is 1.91. The molecular weight excluding hydrogens is 280 g/mol. The second-order valence-corrected chi connectivity index (χ2v) is 5.82. The Labute approximate surface area is 117 Å². The van der Waals surface area contributed by atoms with Gasteiger partial charge in [0.05, 0.1) is 11.8 Å². The Balaban J connectivity index is 2.35. The van der Waals surface area contributed by atoms with Crippen molar-refractivity contribution in [1.29, 1.82) is 0 Å². The van der Waals surface area contributed by atoms with Gasteiger partial charge in [0, 0.05) is 15.8 Å². The van der Waals surface area contributed by atoms with E-state index in [2.05, 4.69) is 0 Å². The zero-order valence-corrected chi connectivity index (χ0v) is 11.7. The first kappa shape index (κ1) is 12.2. The van der Waals surface area contributed by atoms with Gasteiger partial charge in [-0.3, -0.25) is 0 Å². The Morgan fingerprint density at radius 1 is 1.26 bits per heavy atom. The van der Waals surface area contributed by atoms with Crippen molar-refractivity contribution < 1.29 is 14.6 Å². The Hall–Kier alpha value is -1.85. The second-order valence-electron chi connectivity index (χ2n) is 3.95. The summed E-state index contributed by atoms with van der Waals surface area (Å²) in [5.41, 5.74) is 1.16. The maximum Gasteiger partial charge on any atom is 0.341 e. The number of fused-ring (bicyclic) bond motifs is 1. The van der Waals surface area contributed by atoms with Crippen molar-refractivity contribution in [3.63, 3.8) is 0 Å². The molecule has 3 aromatic rings. The number of thiophene rings is 2. The van der Waals surface area contributed by atoms with Crippen LogP contribution in [0.25, 0.3) is 20.5 Å². The maximum atomic E-state index is 11.7. The number of esters is 1. The van der Waals surface area contributed by atoms with Crippen molar-refractivity contribution in [2.75, 3.05) is 7.11 Å². The molecule has 19 heavy (non-hydrogen) atoms. The van der Waals surface area contributed by atoms with Gasteiger partial charge in [0.25, 0.3) is 0 Å². The number of aromatic hydroxyl groups is 1. The first-order valence-corrected chi connectivity index (χ1v) is 7.33. The van der Waals surface area contributed by atoms with Gasteiger partial charge in [-0.2, -0.15) is 0 Å². The lowest BCUT2D eigenvalue weighted by molar-refractivity contribution is 0.0598. The van der Waals surface area contributed by atoms with E-state index in [1.807, 2.05) is 29.0 Å². The SMILES string of the molecule is COC(=O)c1cc(-c2cccs2)c2ccsc2c1O. The monoisotopic (exact) mass is 290 g/mol. The number of hydrogen-bond donors (Lipinski definition) is 1. The Kier molecular flexibility index (Phi) is 3.00. The quantitative estimate of drug-likeness (QED) is 0.722. The van der Waals surface area contributed by atoms with Gasteiger partial charge in [-0.25, -0.2) is 4.79 Å². The molecule has 0 aliphatic carbocycles. The van der Waals surface area contributed by atoms with Gasteiger partial charge in [-0.15, -0.1) is 22.7 Å². The number of benzene rings is 1. The summed E-state index contributed by atoms with van der Waals surface area (Å²) < 4.78 is 5.44. The molecule has 0 atom stereocenters. The van der Waals surface area contributed by atoms with E-state index >= 15 is 0 Å². The van der Waals surface area contributed by atoms with Crippen molar-refractivity contribution in [1.82, 2.24) is 0 Å². The predicted molar refractivity (Wildman–Crippen MR) is 78.1 cm³/mol. The van der Waals surface area contributed by atoms with Gasteiger partial charge in [-0.05, 0) is 29.0 Å². The van der Waals surface area contributed by atoms with Crippen LogP contribution in [0.4, 0.5) is 0 Å². The number of carbonyl (C=O) groups excluding carboxylic acids is 1. The first-order chi connectivity index (χ1) is 9.22. The maximum absolute atomic E-state index is 11.7. The number of ether oxygens (including phenoxy) is 1. The number of carbonyl (C=O) groups is 1. The second kappa shape index (κ2) is 4.68. The number of phenols is 1. The molecule has 3 rings (SSSR count). The van der Waals surface area contributed by atoms with E-state index < -0.39 is 5.97 Å². The van der Waals surface area contributed by atoms with Crippen molar-refractivity contribution in [2.45, 2.75) is 0 Å². The summed E-state index contributed by atoms with van der Waals surface area (Å²) in [6, 6.07) is 7.61. The fraction of sp³-hybridized carbons (Fsp3) is 0.0714. The molecule has 2 aromatic heterocycles. The van der Waals surface area contributed by atoms with Crippen LogP contribution < -0.4 is 0 Å². The van der Waals surface area contributed by atoms with Gasteiger partial charge in [0.15, 0.2) is 0 Å². The molecule has 0 saturated carbocycles. The van der Waals surface area contributed by atoms with Crippen molar-refractivity contribution in [3.8, 4) is 16.2 Å². The van der Waals surface area contributed by atoms with Crippen LogP contribution in [-0.4, -0.2) is 18.2 Å². The molecule has 5 heteroatoms. The Bertz CT molecular complexity index is 741. The summed E-state index contributed by atoms with van der Waals surface area (Å²) >= 11 is 3.01. The molecule has 0 radical (unpaired) electrons. The van der Waals surface area contributed by atoms with Gasteiger partial charge in [0.2, 0.25) is 0 Å². The average Bonchev–Trinajstić information content (AvgIpc) is 3.09. The molecule has 0 unspecified atom stereocenters. The molecule has 0 aliphatic heterocycles. The standard InChI is InChI=1S/C14H10O3S2/c1-17-14(16)10-7-9(11-3-2-5-18-11)8-4-6-19-13(8)12(10)15/h2-7,15H,1H3. The van der Waals surface area contributed by atoms with Crippen molar-refractivity contribution in [3.05, 3.63) is 40.6 Å². The molecule has 0 amide bonds. The van der Waals surface area contributed by atoms with Crippen LogP contribution in [0.5, 0.6) is 5.75 Å². The van der Waals surface area contributed by atoms with Gasteiger partial charge in [0.1, 0.15) is 11.3 Å². The zero-order chi connectivity index (χ0) is 13.4. The lowest BCUT2D eigenvalue weighted by Crippen LogP contribution is -2.01. The molecule has 2 heterocycles. The highest BCUT2D eigenvalue weighted by molar-refractivity contribution is 7.18. The molecule has 0 bridgehead atoms. The number of phenolic OH excluding ortho intramolecular Hbond substituents is 1. The van der Waals surface area contributed by atoms with E-state index in [1.165, 1.54) is 18.4 Å². The largest absolute Gasteiger partial charge is 0.506 e. The summed E-state index contributed by atoms with van der Waals surface area (Å²) in [6.45, 7) is 0. The van der Waals surface area contributed by atoms with E-state index in [-0.39, 0.29) is 11.3 Å². The van der Waals surface area contributed by atoms with Crippen LogP contribution in [0.3, 0.4) is 0 Å². The van der Waals surface area contributed by atoms with Crippen LogP contribution in [-0.2, 0) is 4.74 Å². The lowest BCUT2D eigenvalue weighted by atomic mass is 10.0. The first-order valence-electron chi connectivity index (χ1n) is 5.57. The summed E-state index contributed by atoms with van der Waals surface area (Å²) in [5.74, 6) is -0.525. The summed E-state index contributed by atoms with van der Waals surface area (Å²) in [4.78, 5) is 12.8. The van der Waals surface area contributed by atoms with Gasteiger partial charge < -0.3 is 9.84 Å². The molecular formula is C14H10O3S2. The minimum atomic E-state index is -0.523. The van der Waals surface area contributed by atoms with Crippen LogP contribution in [0.2, 0.25) is 0 Å². The van der Waals surface area contributed by atoms with Gasteiger partial charge >= 0.3 is 5.97 Å². The highest BCUT2D eigenvalue weighted by Crippen LogP contribution is 2.41. The zero-order valence-electron chi connectivity index (χ0n) is 10.0. The van der Waals surface area contributed by atoms with Gasteiger partial charge in [-0.1, -0.05) is 6.07 Å². The molecule has 0 aliphatic rings. The Morgan fingerprint density at radius 2 is 2.11 bits per heavy atom. The molecule has 0 saturated heterocycles. The molecule has 0 fully saturated rings. The highest BCUT2D eigenvalue weighted by atomic mass is 32.1.